The van der Waals surface area contributed by atoms with Crippen LogP contribution in [0.2, 0.25) is 0 Å². The van der Waals surface area contributed by atoms with Crippen molar-refractivity contribution in [1.82, 2.24) is 40.4 Å². The number of hydrogen-bond acceptors (Lipinski definition) is 10. The summed E-state index contributed by atoms with van der Waals surface area (Å²) >= 11 is 0. The summed E-state index contributed by atoms with van der Waals surface area (Å²) in [7, 11) is 2.53. The highest BCUT2D eigenvalue weighted by atomic mass is 16.5. The van der Waals surface area contributed by atoms with Crippen LogP contribution in [-0.2, 0) is 45.4 Å². The number of imidazole rings is 2. The highest BCUT2D eigenvalue weighted by Crippen LogP contribution is 2.50. The number of nitrogens with one attached hydrogen (secondary N) is 4. The molecular formula is C52H54N8O8. The predicted molar refractivity (Wildman–Crippen MR) is 256 cm³/mol. The van der Waals surface area contributed by atoms with Crippen LogP contribution >= 0.6 is 0 Å². The molecule has 4 aromatic carbocycles. The highest BCUT2D eigenvalue weighted by molar-refractivity contribution is 5.89. The molecule has 0 unspecified atom stereocenters. The molecule has 2 aliphatic rings. The summed E-state index contributed by atoms with van der Waals surface area (Å²) in [6.07, 6.45) is 19.5. The predicted octanol–water partition coefficient (Wildman–Crippen LogP) is 8.09. The zero-order valence-electron chi connectivity index (χ0n) is 38.4. The molecule has 0 aliphatic carbocycles. The smallest absolute Gasteiger partial charge is 0.407 e. The van der Waals surface area contributed by atoms with Crippen molar-refractivity contribution in [3.05, 3.63) is 131 Å². The number of methoxy groups -OCH3 is 2. The third-order valence-electron chi connectivity index (χ3n) is 11.2. The summed E-state index contributed by atoms with van der Waals surface area (Å²) in [6.45, 7) is 5.90. The minimum atomic E-state index is -0.932. The van der Waals surface area contributed by atoms with Crippen LogP contribution in [0, 0.1) is 25.7 Å². The molecule has 0 saturated heterocycles. The quantitative estimate of drug-likeness (QED) is 0.0690. The van der Waals surface area contributed by atoms with Gasteiger partial charge in [0, 0.05) is 46.5 Å². The number of nitrogens with zero attached hydrogens (tertiary/aromatic N) is 4. The number of aromatic amines is 2. The second kappa shape index (κ2) is 23.1. The van der Waals surface area contributed by atoms with E-state index in [1.165, 1.54) is 14.2 Å². The Morgan fingerprint density at radius 1 is 0.632 bits per heavy atom. The summed E-state index contributed by atoms with van der Waals surface area (Å²) in [4.78, 5) is 71.9. The van der Waals surface area contributed by atoms with E-state index in [2.05, 4.69) is 68.4 Å². The van der Waals surface area contributed by atoms with Gasteiger partial charge in [0.2, 0.25) is 11.8 Å². The molecule has 0 spiro atoms. The number of alkyl carbamates (subject to hydrolysis) is 2. The normalized spacial score (nSPS) is 12.3. The Kier molecular flexibility index (Phi) is 16.6. The van der Waals surface area contributed by atoms with E-state index in [4.69, 9.17) is 18.9 Å². The fourth-order valence-corrected chi connectivity index (χ4v) is 8.19. The van der Waals surface area contributed by atoms with E-state index in [0.29, 0.717) is 61.9 Å². The lowest BCUT2D eigenvalue weighted by atomic mass is 9.87. The van der Waals surface area contributed by atoms with Gasteiger partial charge in [0.25, 0.3) is 0 Å². The average molecular weight is 919 g/mol. The van der Waals surface area contributed by atoms with Gasteiger partial charge in [-0.2, -0.15) is 0 Å². The third-order valence-corrected chi connectivity index (χ3v) is 11.2. The number of amides is 4. The molecule has 0 radical (unpaired) electrons. The molecule has 8 rings (SSSR count). The molecule has 4 heterocycles. The summed E-state index contributed by atoms with van der Waals surface area (Å²) < 4.78 is 22.5. The van der Waals surface area contributed by atoms with Crippen molar-refractivity contribution in [2.75, 3.05) is 27.3 Å². The van der Waals surface area contributed by atoms with Crippen molar-refractivity contribution < 1.29 is 38.1 Å². The van der Waals surface area contributed by atoms with E-state index in [1.54, 1.807) is 46.5 Å². The van der Waals surface area contributed by atoms with Crippen LogP contribution in [-0.4, -0.2) is 81.0 Å². The monoisotopic (exact) mass is 918 g/mol. The Balaban J connectivity index is 0.00000185. The molecule has 4 N–H and O–H groups in total. The molecule has 2 aromatic heterocycles. The number of rotatable bonds is 16. The summed E-state index contributed by atoms with van der Waals surface area (Å²) in [5.41, 5.74) is 8.41. The number of terminal acetylenes is 2. The van der Waals surface area contributed by atoms with Crippen LogP contribution in [0.3, 0.4) is 0 Å². The van der Waals surface area contributed by atoms with Gasteiger partial charge in [0.15, 0.2) is 0 Å². The van der Waals surface area contributed by atoms with Gasteiger partial charge in [0.05, 0.1) is 51.1 Å². The lowest BCUT2D eigenvalue weighted by Crippen LogP contribution is -2.43. The SMILES string of the molecule is C#C.C#C.CCCN(Cc1ncc(-c2cc3c4c(c2)OCc2cc(-c5cnc(CN(CCC)C(=O)[C@H](NC(=O)OC)c6ccccc6)[nH]5)cc(c2-4)OC3)[nH]1)C(=O)[C@H](NC(=O)OC)c1ccccc1. The van der Waals surface area contributed by atoms with Gasteiger partial charge in [-0.3, -0.25) is 9.59 Å². The van der Waals surface area contributed by atoms with Gasteiger partial charge in [-0.05, 0) is 48.2 Å². The Labute approximate surface area is 395 Å². The maximum absolute atomic E-state index is 14.0. The number of carbonyl (C=O) groups excluding carboxylic acids is 4. The van der Waals surface area contributed by atoms with Crippen molar-refractivity contribution >= 4 is 24.0 Å². The van der Waals surface area contributed by atoms with E-state index < -0.39 is 24.3 Å². The van der Waals surface area contributed by atoms with E-state index in [1.807, 2.05) is 62.4 Å². The van der Waals surface area contributed by atoms with E-state index in [9.17, 15) is 19.2 Å². The van der Waals surface area contributed by atoms with Crippen LogP contribution < -0.4 is 20.1 Å². The molecule has 0 bridgehead atoms. The van der Waals surface area contributed by atoms with Crippen molar-refractivity contribution in [2.45, 2.75) is 65.1 Å². The van der Waals surface area contributed by atoms with Gasteiger partial charge in [-0.1, -0.05) is 74.5 Å². The molecule has 16 nitrogen and oxygen atoms in total. The molecule has 16 heteroatoms. The topological polar surface area (TPSA) is 193 Å². The van der Waals surface area contributed by atoms with Gasteiger partial charge >= 0.3 is 12.2 Å². The van der Waals surface area contributed by atoms with Gasteiger partial charge in [-0.25, -0.2) is 19.6 Å². The molecule has 2 atom stereocenters. The van der Waals surface area contributed by atoms with Crippen LogP contribution in [0.4, 0.5) is 9.59 Å². The fourth-order valence-electron chi connectivity index (χ4n) is 8.19. The summed E-state index contributed by atoms with van der Waals surface area (Å²) in [5.74, 6) is 2.08. The molecule has 68 heavy (non-hydrogen) atoms. The maximum Gasteiger partial charge on any atom is 0.407 e. The zero-order chi connectivity index (χ0) is 48.7. The van der Waals surface area contributed by atoms with Gasteiger partial charge in [0.1, 0.15) is 48.4 Å². The number of hydrogen-bond donors (Lipinski definition) is 4. The molecular weight excluding hydrogens is 865 g/mol. The maximum atomic E-state index is 14.0. The number of H-pyrrole nitrogens is 2. The molecule has 350 valence electrons. The largest absolute Gasteiger partial charge is 0.488 e. The first-order chi connectivity index (χ1) is 33.2. The van der Waals surface area contributed by atoms with Crippen molar-refractivity contribution in [3.63, 3.8) is 0 Å². The van der Waals surface area contributed by atoms with Crippen LogP contribution in [0.5, 0.6) is 11.5 Å². The fraction of sp³-hybridized carbons (Fsp3) is 0.269. The Morgan fingerprint density at radius 3 is 1.37 bits per heavy atom. The molecule has 0 saturated carbocycles. The average Bonchev–Trinajstić information content (AvgIpc) is 4.07. The second-order valence-corrected chi connectivity index (χ2v) is 15.6. The Hall–Kier alpha value is -8.50. The van der Waals surface area contributed by atoms with Crippen molar-refractivity contribution in [1.29, 1.82) is 0 Å². The second-order valence-electron chi connectivity index (χ2n) is 15.6. The lowest BCUT2D eigenvalue weighted by molar-refractivity contribution is -0.135. The minimum Gasteiger partial charge on any atom is -0.488 e. The molecule has 4 amide bonds. The molecule has 2 aliphatic heterocycles. The number of aromatic nitrogens is 4. The van der Waals surface area contributed by atoms with Crippen molar-refractivity contribution in [2.24, 2.45) is 0 Å². The lowest BCUT2D eigenvalue weighted by Gasteiger charge is -2.30. The van der Waals surface area contributed by atoms with Crippen LogP contribution in [0.25, 0.3) is 33.6 Å². The highest BCUT2D eigenvalue weighted by Gasteiger charge is 2.32. The number of ether oxygens (including phenoxy) is 4. The third kappa shape index (κ3) is 10.9. The first-order valence-electron chi connectivity index (χ1n) is 21.9. The summed E-state index contributed by atoms with van der Waals surface area (Å²) in [5, 5.41) is 5.39. The number of carbonyl (C=O) groups is 4. The minimum absolute atomic E-state index is 0.200. The first kappa shape index (κ1) is 48.9. The molecule has 0 fully saturated rings. The zero-order valence-corrected chi connectivity index (χ0v) is 38.4. The molecule has 6 aromatic rings. The van der Waals surface area contributed by atoms with Gasteiger partial charge in [-0.15, -0.1) is 25.7 Å². The number of benzene rings is 4. The van der Waals surface area contributed by atoms with E-state index >= 15 is 0 Å². The van der Waals surface area contributed by atoms with E-state index in [-0.39, 0.29) is 24.9 Å². The Morgan fingerprint density at radius 2 is 1.01 bits per heavy atom. The van der Waals surface area contributed by atoms with E-state index in [0.717, 1.165) is 56.3 Å². The summed E-state index contributed by atoms with van der Waals surface area (Å²) in [6, 6.07) is 24.4. The first-order valence-corrected chi connectivity index (χ1v) is 21.9. The standard InChI is InChI=1S/C48H50N8O8.2C2H2/c1-5-17-55(45(57)43(53-47(59)61-3)29-13-9-7-10-14-29)25-39-49-23-35(51-39)31-19-33-27-64-38-22-32(20-34-28-63-37(21-31)41(33)42(34)38)36-24-50-40(52-36)26-56(18-6-2)46(58)44(54-48(60)62-4)30-15-11-8-12-16-30;2*1-2/h7-16,19-24,43-44H,5-6,17-18,25-28H2,1-4H3,(H,49,51)(H,50,52)(H,53,59)(H,54,60);2*1-2H/t43-,44-;;/m1../s1. The Bertz CT molecular complexity index is 2510. The van der Waals surface area contributed by atoms with Crippen LogP contribution in [0.1, 0.15) is 72.7 Å². The van der Waals surface area contributed by atoms with Gasteiger partial charge < -0.3 is 49.3 Å². The van der Waals surface area contributed by atoms with Crippen molar-refractivity contribution in [3.8, 4) is 70.8 Å². The van der Waals surface area contributed by atoms with Crippen LogP contribution in [0.15, 0.2) is 97.3 Å².